The number of aliphatic hydroxyl groups excluding tert-OH is 1. The number of thiazole rings is 1. The highest BCUT2D eigenvalue weighted by Crippen LogP contribution is 2.64. The lowest BCUT2D eigenvalue weighted by Gasteiger charge is -2.13. The van der Waals surface area contributed by atoms with Crippen LogP contribution >= 0.6 is 11.3 Å². The van der Waals surface area contributed by atoms with E-state index in [0.29, 0.717) is 0 Å². The van der Waals surface area contributed by atoms with Crippen LogP contribution in [0.1, 0.15) is 25.3 Å². The van der Waals surface area contributed by atoms with Gasteiger partial charge in [0, 0.05) is 11.6 Å². The maximum atomic E-state index is 9.33. The molecule has 12 heavy (non-hydrogen) atoms. The van der Waals surface area contributed by atoms with Crippen LogP contribution in [-0.2, 0) is 5.41 Å². The summed E-state index contributed by atoms with van der Waals surface area (Å²) in [6.45, 7) is 4.60. The molecule has 1 aliphatic rings. The van der Waals surface area contributed by atoms with Crippen molar-refractivity contribution >= 4 is 11.3 Å². The molecule has 0 bridgehead atoms. The van der Waals surface area contributed by atoms with E-state index in [4.69, 9.17) is 0 Å². The Morgan fingerprint density at radius 2 is 2.33 bits per heavy atom. The standard InChI is InChI=1S/C9H13NOS/c1-8(2)5-9(8,6-11)7-10-3-4-12-7/h3-4,11H,5-6H2,1-2H3. The van der Waals surface area contributed by atoms with E-state index in [1.54, 1.807) is 11.3 Å². The Morgan fingerprint density at radius 3 is 2.67 bits per heavy atom. The molecule has 1 N–H and O–H groups in total. The average Bonchev–Trinajstić information content (AvgIpc) is 2.52. The Balaban J connectivity index is 2.34. The van der Waals surface area contributed by atoms with Gasteiger partial charge in [0.1, 0.15) is 5.01 Å². The zero-order chi connectivity index (χ0) is 8.82. The van der Waals surface area contributed by atoms with E-state index in [1.165, 1.54) is 0 Å². The molecule has 1 atom stereocenters. The summed E-state index contributed by atoms with van der Waals surface area (Å²) in [6.07, 6.45) is 2.87. The van der Waals surface area contributed by atoms with E-state index < -0.39 is 0 Å². The molecule has 0 aliphatic heterocycles. The second-order valence-corrected chi connectivity index (χ2v) is 5.03. The Kier molecular flexibility index (Phi) is 1.57. The first-order valence-electron chi connectivity index (χ1n) is 4.13. The Labute approximate surface area is 76.3 Å². The van der Waals surface area contributed by atoms with E-state index in [0.717, 1.165) is 11.4 Å². The topological polar surface area (TPSA) is 33.1 Å². The lowest BCUT2D eigenvalue weighted by atomic mass is 9.98. The first-order chi connectivity index (χ1) is 5.62. The van der Waals surface area contributed by atoms with E-state index in [1.807, 2.05) is 11.6 Å². The van der Waals surface area contributed by atoms with Crippen LogP contribution in [0.3, 0.4) is 0 Å². The molecule has 0 saturated heterocycles. The minimum Gasteiger partial charge on any atom is -0.395 e. The Bertz CT molecular complexity index is 281. The molecule has 1 aromatic heterocycles. The fourth-order valence-electron chi connectivity index (χ4n) is 1.87. The maximum absolute atomic E-state index is 9.33. The van der Waals surface area contributed by atoms with Crippen LogP contribution in [0, 0.1) is 5.41 Å². The van der Waals surface area contributed by atoms with Crippen molar-refractivity contribution in [1.29, 1.82) is 0 Å². The normalized spacial score (nSPS) is 31.9. The summed E-state index contributed by atoms with van der Waals surface area (Å²) in [5, 5.41) is 12.4. The van der Waals surface area contributed by atoms with Crippen LogP contribution in [-0.4, -0.2) is 16.7 Å². The Hall–Kier alpha value is -0.410. The monoisotopic (exact) mass is 183 g/mol. The van der Waals surface area contributed by atoms with Gasteiger partial charge in [0.2, 0.25) is 0 Å². The van der Waals surface area contributed by atoms with E-state index >= 15 is 0 Å². The minimum absolute atomic E-state index is 0.0266. The van der Waals surface area contributed by atoms with Crippen molar-refractivity contribution in [2.24, 2.45) is 5.41 Å². The molecule has 1 aliphatic carbocycles. The lowest BCUT2D eigenvalue weighted by Crippen LogP contribution is -2.18. The number of rotatable bonds is 2. The molecule has 0 aromatic carbocycles. The third-order valence-electron chi connectivity index (χ3n) is 3.03. The second-order valence-electron chi connectivity index (χ2n) is 4.14. The van der Waals surface area contributed by atoms with Crippen molar-refractivity contribution < 1.29 is 5.11 Å². The summed E-state index contributed by atoms with van der Waals surface area (Å²) in [6, 6.07) is 0. The van der Waals surface area contributed by atoms with Crippen molar-refractivity contribution in [2.75, 3.05) is 6.61 Å². The molecular weight excluding hydrogens is 170 g/mol. The van der Waals surface area contributed by atoms with Gasteiger partial charge >= 0.3 is 0 Å². The first-order valence-corrected chi connectivity index (χ1v) is 5.01. The van der Waals surface area contributed by atoms with Crippen LogP contribution in [0.25, 0.3) is 0 Å². The van der Waals surface area contributed by atoms with Crippen LogP contribution in [0.4, 0.5) is 0 Å². The first kappa shape index (κ1) is 8.20. The molecule has 3 heteroatoms. The number of aliphatic hydroxyl groups is 1. The highest BCUT2D eigenvalue weighted by Gasteiger charge is 2.63. The highest BCUT2D eigenvalue weighted by atomic mass is 32.1. The maximum Gasteiger partial charge on any atom is 0.101 e. The molecule has 1 aromatic rings. The summed E-state index contributed by atoms with van der Waals surface area (Å²) in [7, 11) is 0. The van der Waals surface area contributed by atoms with Gasteiger partial charge in [-0.3, -0.25) is 0 Å². The van der Waals surface area contributed by atoms with Crippen molar-refractivity contribution in [3.05, 3.63) is 16.6 Å². The SMILES string of the molecule is CC1(C)CC1(CO)c1nccs1. The molecule has 2 rings (SSSR count). The fraction of sp³-hybridized carbons (Fsp3) is 0.667. The number of aromatic nitrogens is 1. The highest BCUT2D eigenvalue weighted by molar-refractivity contribution is 7.09. The summed E-state index contributed by atoms with van der Waals surface area (Å²) < 4.78 is 0. The molecule has 1 heterocycles. The molecule has 2 nitrogen and oxygen atoms in total. The molecule has 0 radical (unpaired) electrons. The summed E-state index contributed by atoms with van der Waals surface area (Å²) >= 11 is 1.65. The van der Waals surface area contributed by atoms with E-state index in [-0.39, 0.29) is 17.4 Å². The summed E-state index contributed by atoms with van der Waals surface area (Å²) in [5.41, 5.74) is 0.209. The van der Waals surface area contributed by atoms with Crippen molar-refractivity contribution in [3.8, 4) is 0 Å². The van der Waals surface area contributed by atoms with Crippen molar-refractivity contribution in [2.45, 2.75) is 25.7 Å². The molecule has 1 unspecified atom stereocenters. The molecule has 1 saturated carbocycles. The summed E-state index contributed by atoms with van der Waals surface area (Å²) in [4.78, 5) is 4.28. The van der Waals surface area contributed by atoms with Crippen LogP contribution in [0.15, 0.2) is 11.6 Å². The van der Waals surface area contributed by atoms with Gasteiger partial charge in [0.25, 0.3) is 0 Å². The van der Waals surface area contributed by atoms with Crippen LogP contribution in [0.2, 0.25) is 0 Å². The van der Waals surface area contributed by atoms with Gasteiger partial charge in [-0.05, 0) is 11.8 Å². The zero-order valence-electron chi connectivity index (χ0n) is 7.37. The van der Waals surface area contributed by atoms with Crippen LogP contribution in [0.5, 0.6) is 0 Å². The third-order valence-corrected chi connectivity index (χ3v) is 4.00. The van der Waals surface area contributed by atoms with Gasteiger partial charge in [0.05, 0.1) is 12.0 Å². The van der Waals surface area contributed by atoms with Gasteiger partial charge in [-0.25, -0.2) is 4.98 Å². The van der Waals surface area contributed by atoms with E-state index in [2.05, 4.69) is 18.8 Å². The largest absolute Gasteiger partial charge is 0.395 e. The average molecular weight is 183 g/mol. The van der Waals surface area contributed by atoms with Gasteiger partial charge in [-0.1, -0.05) is 13.8 Å². The van der Waals surface area contributed by atoms with Gasteiger partial charge < -0.3 is 5.11 Å². The molecule has 1 fully saturated rings. The minimum atomic E-state index is -0.0266. The van der Waals surface area contributed by atoms with Crippen molar-refractivity contribution in [3.63, 3.8) is 0 Å². The molecular formula is C9H13NOS. The van der Waals surface area contributed by atoms with Gasteiger partial charge in [0.15, 0.2) is 0 Å². The fourth-order valence-corrected chi connectivity index (χ4v) is 2.88. The van der Waals surface area contributed by atoms with Crippen molar-refractivity contribution in [1.82, 2.24) is 4.98 Å². The molecule has 66 valence electrons. The van der Waals surface area contributed by atoms with E-state index in [9.17, 15) is 5.11 Å². The quantitative estimate of drug-likeness (QED) is 0.758. The van der Waals surface area contributed by atoms with Crippen LogP contribution < -0.4 is 0 Å². The lowest BCUT2D eigenvalue weighted by molar-refractivity contribution is 0.231. The zero-order valence-corrected chi connectivity index (χ0v) is 8.19. The number of nitrogens with zero attached hydrogens (tertiary/aromatic N) is 1. The number of hydrogen-bond acceptors (Lipinski definition) is 3. The smallest absolute Gasteiger partial charge is 0.101 e. The van der Waals surface area contributed by atoms with Gasteiger partial charge in [-0.15, -0.1) is 11.3 Å². The molecule has 0 amide bonds. The van der Waals surface area contributed by atoms with Gasteiger partial charge in [-0.2, -0.15) is 0 Å². The summed E-state index contributed by atoms with van der Waals surface area (Å²) in [5.74, 6) is 0. The Morgan fingerprint density at radius 1 is 1.67 bits per heavy atom. The second kappa shape index (κ2) is 2.30. The third kappa shape index (κ3) is 0.866. The predicted octanol–water partition coefficient (Wildman–Crippen LogP) is 1.80. The molecule has 0 spiro atoms. The number of hydrogen-bond donors (Lipinski definition) is 1. The predicted molar refractivity (Wildman–Crippen MR) is 49.3 cm³/mol.